The average molecular weight is 343 g/mol. The maximum absolute atomic E-state index is 12.3. The van der Waals surface area contributed by atoms with Gasteiger partial charge in [0.25, 0.3) is 0 Å². The van der Waals surface area contributed by atoms with Crippen molar-refractivity contribution in [2.75, 3.05) is 0 Å². The van der Waals surface area contributed by atoms with Crippen molar-refractivity contribution in [2.45, 2.75) is 25.6 Å². The highest BCUT2D eigenvalue weighted by Gasteiger charge is 2.27. The molecule has 1 aliphatic rings. The van der Waals surface area contributed by atoms with Gasteiger partial charge in [0.2, 0.25) is 0 Å². The van der Waals surface area contributed by atoms with Crippen LogP contribution in [-0.4, -0.2) is 17.0 Å². The molecule has 0 saturated heterocycles. The largest absolute Gasteiger partial charge is 0.460 e. The SMILES string of the molecule is Cl.O=C(OCc1ccccc1)[C@H]1Cc2c([nH]c3ccccc23)CN1. The zero-order valence-electron chi connectivity index (χ0n) is 13.1. The quantitative estimate of drug-likeness (QED) is 0.718. The predicted octanol–water partition coefficient (Wildman–Crippen LogP) is 3.35. The van der Waals surface area contributed by atoms with Crippen molar-refractivity contribution in [1.29, 1.82) is 0 Å². The summed E-state index contributed by atoms with van der Waals surface area (Å²) in [5, 5.41) is 4.47. The number of fused-ring (bicyclic) bond motifs is 3. The Morgan fingerprint density at radius 2 is 1.83 bits per heavy atom. The van der Waals surface area contributed by atoms with E-state index in [2.05, 4.69) is 22.4 Å². The van der Waals surface area contributed by atoms with Gasteiger partial charge in [-0.3, -0.25) is 10.1 Å². The molecule has 1 aliphatic heterocycles. The van der Waals surface area contributed by atoms with E-state index in [1.807, 2.05) is 42.5 Å². The molecule has 0 fully saturated rings. The number of esters is 1. The molecule has 2 heterocycles. The Hall–Kier alpha value is -2.30. The molecule has 0 spiro atoms. The summed E-state index contributed by atoms with van der Waals surface area (Å²) in [5.74, 6) is -0.190. The molecule has 4 rings (SSSR count). The molecule has 2 N–H and O–H groups in total. The molecule has 0 radical (unpaired) electrons. The third kappa shape index (κ3) is 3.16. The first-order valence-corrected chi connectivity index (χ1v) is 7.83. The minimum atomic E-state index is -0.287. The first kappa shape index (κ1) is 16.6. The maximum atomic E-state index is 12.3. The van der Waals surface area contributed by atoms with Gasteiger partial charge in [0.1, 0.15) is 12.6 Å². The second-order valence-electron chi connectivity index (χ2n) is 5.86. The number of aromatic nitrogens is 1. The van der Waals surface area contributed by atoms with E-state index in [-0.39, 0.29) is 24.4 Å². The van der Waals surface area contributed by atoms with E-state index in [1.165, 1.54) is 16.6 Å². The fraction of sp³-hybridized carbons (Fsp3) is 0.211. The average Bonchev–Trinajstić information content (AvgIpc) is 2.98. The number of halogens is 1. The van der Waals surface area contributed by atoms with Crippen LogP contribution in [0.2, 0.25) is 0 Å². The molecule has 4 nitrogen and oxygen atoms in total. The summed E-state index contributed by atoms with van der Waals surface area (Å²) >= 11 is 0. The highest BCUT2D eigenvalue weighted by Crippen LogP contribution is 2.26. The second-order valence-corrected chi connectivity index (χ2v) is 5.86. The molecule has 2 aromatic carbocycles. The fourth-order valence-corrected chi connectivity index (χ4v) is 3.14. The summed E-state index contributed by atoms with van der Waals surface area (Å²) in [6.45, 7) is 0.980. The Morgan fingerprint density at radius 3 is 2.67 bits per heavy atom. The summed E-state index contributed by atoms with van der Waals surface area (Å²) in [4.78, 5) is 15.8. The van der Waals surface area contributed by atoms with E-state index in [9.17, 15) is 4.79 Å². The van der Waals surface area contributed by atoms with Gasteiger partial charge in [-0.1, -0.05) is 48.5 Å². The summed E-state index contributed by atoms with van der Waals surface area (Å²) in [7, 11) is 0. The lowest BCUT2D eigenvalue weighted by atomic mass is 9.98. The Balaban J connectivity index is 0.00000169. The Morgan fingerprint density at radius 1 is 1.08 bits per heavy atom. The van der Waals surface area contributed by atoms with Crippen molar-refractivity contribution in [3.8, 4) is 0 Å². The van der Waals surface area contributed by atoms with E-state index < -0.39 is 0 Å². The van der Waals surface area contributed by atoms with Crippen LogP contribution in [0.4, 0.5) is 0 Å². The van der Waals surface area contributed by atoms with Gasteiger partial charge in [-0.25, -0.2) is 0 Å². The normalized spacial score (nSPS) is 16.2. The lowest BCUT2D eigenvalue weighted by Gasteiger charge is -2.22. The number of aromatic amines is 1. The van der Waals surface area contributed by atoms with Gasteiger partial charge in [-0.05, 0) is 17.2 Å². The van der Waals surface area contributed by atoms with Crippen LogP contribution >= 0.6 is 12.4 Å². The molecule has 24 heavy (non-hydrogen) atoms. The van der Waals surface area contributed by atoms with E-state index in [0.717, 1.165) is 11.1 Å². The van der Waals surface area contributed by atoms with Crippen molar-refractivity contribution in [3.05, 3.63) is 71.4 Å². The molecular formula is C19H19ClN2O2. The van der Waals surface area contributed by atoms with Crippen LogP contribution < -0.4 is 5.32 Å². The number of hydrogen-bond acceptors (Lipinski definition) is 3. The molecule has 124 valence electrons. The molecule has 3 aromatic rings. The van der Waals surface area contributed by atoms with Gasteiger partial charge >= 0.3 is 5.97 Å². The Bertz CT molecular complexity index is 845. The van der Waals surface area contributed by atoms with Crippen LogP contribution in [0.1, 0.15) is 16.8 Å². The predicted molar refractivity (Wildman–Crippen MR) is 96.1 cm³/mol. The van der Waals surface area contributed by atoms with Crippen LogP contribution in [0.5, 0.6) is 0 Å². The Labute approximate surface area is 146 Å². The number of carbonyl (C=O) groups is 1. The van der Waals surface area contributed by atoms with Crippen LogP contribution in [0.25, 0.3) is 10.9 Å². The van der Waals surface area contributed by atoms with Crippen molar-refractivity contribution in [1.82, 2.24) is 10.3 Å². The first-order chi connectivity index (χ1) is 11.3. The fourth-order valence-electron chi connectivity index (χ4n) is 3.14. The molecule has 1 atom stereocenters. The molecular weight excluding hydrogens is 324 g/mol. The minimum Gasteiger partial charge on any atom is -0.460 e. The molecule has 0 saturated carbocycles. The van der Waals surface area contributed by atoms with Crippen molar-refractivity contribution in [2.24, 2.45) is 0 Å². The van der Waals surface area contributed by atoms with Crippen molar-refractivity contribution in [3.63, 3.8) is 0 Å². The zero-order valence-corrected chi connectivity index (χ0v) is 13.9. The third-order valence-corrected chi connectivity index (χ3v) is 4.34. The van der Waals surface area contributed by atoms with E-state index >= 15 is 0 Å². The number of nitrogens with one attached hydrogen (secondary N) is 2. The Kier molecular flexibility index (Phi) is 4.88. The maximum Gasteiger partial charge on any atom is 0.323 e. The number of hydrogen-bond donors (Lipinski definition) is 2. The number of H-pyrrole nitrogens is 1. The highest BCUT2D eigenvalue weighted by atomic mass is 35.5. The summed E-state index contributed by atoms with van der Waals surface area (Å²) < 4.78 is 5.46. The zero-order chi connectivity index (χ0) is 15.6. The third-order valence-electron chi connectivity index (χ3n) is 4.34. The molecule has 0 aliphatic carbocycles. The summed E-state index contributed by atoms with van der Waals surface area (Å²) in [5.41, 5.74) is 4.52. The smallest absolute Gasteiger partial charge is 0.323 e. The van der Waals surface area contributed by atoms with E-state index in [0.29, 0.717) is 19.6 Å². The van der Waals surface area contributed by atoms with E-state index in [1.54, 1.807) is 0 Å². The monoisotopic (exact) mass is 342 g/mol. The van der Waals surface area contributed by atoms with Gasteiger partial charge in [0.15, 0.2) is 0 Å². The van der Waals surface area contributed by atoms with Crippen LogP contribution in [0, 0.1) is 0 Å². The van der Waals surface area contributed by atoms with Crippen LogP contribution in [0.15, 0.2) is 54.6 Å². The lowest BCUT2D eigenvalue weighted by Crippen LogP contribution is -2.42. The molecule has 0 amide bonds. The minimum absolute atomic E-state index is 0. The standard InChI is InChI=1S/C19H18N2O2.ClH/c22-19(23-12-13-6-2-1-3-7-13)17-10-15-14-8-4-5-9-16(14)21-18(15)11-20-17;/h1-9,17,20-21H,10-12H2;1H/t17-;/m1./s1. The topological polar surface area (TPSA) is 54.1 Å². The van der Waals surface area contributed by atoms with Crippen molar-refractivity contribution < 1.29 is 9.53 Å². The number of benzene rings is 2. The van der Waals surface area contributed by atoms with Gasteiger partial charge in [-0.2, -0.15) is 0 Å². The summed E-state index contributed by atoms with van der Waals surface area (Å²) in [6.07, 6.45) is 0.660. The van der Waals surface area contributed by atoms with Crippen molar-refractivity contribution >= 4 is 29.3 Å². The van der Waals surface area contributed by atoms with Gasteiger partial charge in [-0.15, -0.1) is 12.4 Å². The summed E-state index contributed by atoms with van der Waals surface area (Å²) in [6, 6.07) is 17.7. The molecule has 5 heteroatoms. The number of ether oxygens (including phenoxy) is 1. The van der Waals surface area contributed by atoms with E-state index in [4.69, 9.17) is 4.74 Å². The number of carbonyl (C=O) groups excluding carboxylic acids is 1. The number of para-hydroxylation sites is 1. The first-order valence-electron chi connectivity index (χ1n) is 7.83. The van der Waals surface area contributed by atoms with Gasteiger partial charge in [0.05, 0.1) is 0 Å². The van der Waals surface area contributed by atoms with Gasteiger partial charge in [0, 0.05) is 29.6 Å². The van der Waals surface area contributed by atoms with Gasteiger partial charge < -0.3 is 9.72 Å². The molecule has 0 bridgehead atoms. The number of rotatable bonds is 3. The van der Waals surface area contributed by atoms with Crippen LogP contribution in [0.3, 0.4) is 0 Å². The lowest BCUT2D eigenvalue weighted by molar-refractivity contribution is -0.147. The second kappa shape index (κ2) is 7.07. The van der Waals surface area contributed by atoms with Crippen LogP contribution in [-0.2, 0) is 29.1 Å². The highest BCUT2D eigenvalue weighted by molar-refractivity contribution is 5.86. The molecule has 1 aromatic heterocycles. The molecule has 0 unspecified atom stereocenters.